The van der Waals surface area contributed by atoms with Crippen LogP contribution in [0.25, 0.3) is 0 Å². The van der Waals surface area contributed by atoms with Crippen molar-refractivity contribution in [1.82, 2.24) is 15.5 Å². The molecule has 0 aromatic carbocycles. The second-order valence-electron chi connectivity index (χ2n) is 3.53. The van der Waals surface area contributed by atoms with Gasteiger partial charge < -0.3 is 10.6 Å². The Morgan fingerprint density at radius 3 is 3.07 bits per heavy atom. The largest absolute Gasteiger partial charge is 0.375 e. The third-order valence-electron chi connectivity index (χ3n) is 2.06. The summed E-state index contributed by atoms with van der Waals surface area (Å²) < 4.78 is 0. The Morgan fingerprint density at radius 2 is 2.40 bits per heavy atom. The zero-order chi connectivity index (χ0) is 10.7. The van der Waals surface area contributed by atoms with Crippen LogP contribution >= 0.6 is 0 Å². The number of carbonyl (C=O) groups is 1. The molecule has 1 heterocycles. The lowest BCUT2D eigenvalue weighted by Crippen LogP contribution is -2.31. The second kappa shape index (κ2) is 4.12. The fraction of sp³-hybridized carbons (Fsp3) is 0.444. The maximum atomic E-state index is 11.3. The van der Waals surface area contributed by atoms with Crippen molar-refractivity contribution in [2.75, 3.05) is 11.9 Å². The van der Waals surface area contributed by atoms with Crippen LogP contribution in [0.1, 0.15) is 12.8 Å². The van der Waals surface area contributed by atoms with Crippen molar-refractivity contribution in [3.63, 3.8) is 0 Å². The topological polar surface area (TPSA) is 86.9 Å². The molecule has 0 unspecified atom stereocenters. The molecule has 0 saturated heterocycles. The SMILES string of the molecule is O=C(CNc1cn[nH]c(=O)c1)NC1CC1. The zero-order valence-electron chi connectivity index (χ0n) is 8.12. The van der Waals surface area contributed by atoms with Crippen molar-refractivity contribution in [2.24, 2.45) is 0 Å². The van der Waals surface area contributed by atoms with E-state index >= 15 is 0 Å². The number of hydrogen-bond donors (Lipinski definition) is 3. The molecule has 1 amide bonds. The van der Waals surface area contributed by atoms with Crippen LogP contribution < -0.4 is 16.2 Å². The van der Waals surface area contributed by atoms with E-state index in [1.807, 2.05) is 0 Å². The summed E-state index contributed by atoms with van der Waals surface area (Å²) in [6, 6.07) is 1.72. The smallest absolute Gasteiger partial charge is 0.266 e. The Kier molecular flexibility index (Phi) is 2.66. The van der Waals surface area contributed by atoms with E-state index in [4.69, 9.17) is 0 Å². The predicted octanol–water partition coefficient (Wildman–Crippen LogP) is -0.540. The normalized spacial score (nSPS) is 14.7. The lowest BCUT2D eigenvalue weighted by Gasteiger charge is -2.05. The molecular formula is C9H12N4O2. The number of nitrogens with zero attached hydrogens (tertiary/aromatic N) is 1. The zero-order valence-corrected chi connectivity index (χ0v) is 8.12. The van der Waals surface area contributed by atoms with Crippen LogP contribution in [0, 0.1) is 0 Å². The minimum Gasteiger partial charge on any atom is -0.375 e. The van der Waals surface area contributed by atoms with E-state index in [1.54, 1.807) is 0 Å². The van der Waals surface area contributed by atoms with Crippen molar-refractivity contribution in [1.29, 1.82) is 0 Å². The fourth-order valence-electron chi connectivity index (χ4n) is 1.16. The van der Waals surface area contributed by atoms with Gasteiger partial charge in [-0.15, -0.1) is 0 Å². The first-order chi connectivity index (χ1) is 7.24. The van der Waals surface area contributed by atoms with Gasteiger partial charge in [-0.05, 0) is 12.8 Å². The third kappa shape index (κ3) is 3.08. The summed E-state index contributed by atoms with van der Waals surface area (Å²) in [5, 5.41) is 11.5. The predicted molar refractivity (Wildman–Crippen MR) is 54.5 cm³/mol. The van der Waals surface area contributed by atoms with Gasteiger partial charge in [0.1, 0.15) is 0 Å². The number of anilines is 1. The van der Waals surface area contributed by atoms with Gasteiger partial charge in [-0.3, -0.25) is 9.59 Å². The van der Waals surface area contributed by atoms with Gasteiger partial charge in [0.2, 0.25) is 5.91 Å². The number of aromatic amines is 1. The summed E-state index contributed by atoms with van der Waals surface area (Å²) in [6.45, 7) is 0.168. The van der Waals surface area contributed by atoms with Crippen LogP contribution in [-0.4, -0.2) is 28.7 Å². The molecule has 3 N–H and O–H groups in total. The molecule has 15 heavy (non-hydrogen) atoms. The van der Waals surface area contributed by atoms with Crippen LogP contribution in [0.4, 0.5) is 5.69 Å². The molecule has 1 saturated carbocycles. The summed E-state index contributed by atoms with van der Waals surface area (Å²) in [5.74, 6) is -0.0576. The van der Waals surface area contributed by atoms with Gasteiger partial charge in [0.05, 0.1) is 18.4 Å². The molecule has 80 valence electrons. The highest BCUT2D eigenvalue weighted by molar-refractivity contribution is 5.81. The van der Waals surface area contributed by atoms with Crippen molar-refractivity contribution in [3.05, 3.63) is 22.6 Å². The number of amides is 1. The summed E-state index contributed by atoms with van der Waals surface area (Å²) >= 11 is 0. The molecule has 1 aliphatic carbocycles. The average Bonchev–Trinajstić information content (AvgIpc) is 2.99. The molecule has 0 radical (unpaired) electrons. The van der Waals surface area contributed by atoms with E-state index < -0.39 is 0 Å². The number of aromatic nitrogens is 2. The molecule has 2 rings (SSSR count). The molecule has 6 nitrogen and oxygen atoms in total. The van der Waals surface area contributed by atoms with Gasteiger partial charge in [-0.25, -0.2) is 5.10 Å². The first-order valence-corrected chi connectivity index (χ1v) is 4.82. The summed E-state index contributed by atoms with van der Waals surface area (Å²) in [7, 11) is 0. The third-order valence-corrected chi connectivity index (χ3v) is 2.06. The van der Waals surface area contributed by atoms with Gasteiger partial charge in [0.15, 0.2) is 0 Å². The fourth-order valence-corrected chi connectivity index (χ4v) is 1.16. The highest BCUT2D eigenvalue weighted by Gasteiger charge is 2.22. The van der Waals surface area contributed by atoms with Gasteiger partial charge in [0, 0.05) is 12.1 Å². The first-order valence-electron chi connectivity index (χ1n) is 4.82. The van der Waals surface area contributed by atoms with Crippen molar-refractivity contribution in [3.8, 4) is 0 Å². The Morgan fingerprint density at radius 1 is 1.60 bits per heavy atom. The lowest BCUT2D eigenvalue weighted by molar-refractivity contribution is -0.119. The monoisotopic (exact) mass is 208 g/mol. The Balaban J connectivity index is 1.81. The van der Waals surface area contributed by atoms with Crippen molar-refractivity contribution < 1.29 is 4.79 Å². The molecule has 0 aliphatic heterocycles. The number of H-pyrrole nitrogens is 1. The molecule has 0 bridgehead atoms. The number of hydrogen-bond acceptors (Lipinski definition) is 4. The minimum atomic E-state index is -0.289. The van der Waals surface area contributed by atoms with E-state index in [-0.39, 0.29) is 18.0 Å². The Bertz CT molecular complexity index is 411. The Hall–Kier alpha value is -1.85. The quantitative estimate of drug-likeness (QED) is 0.620. The first kappa shape index (κ1) is 9.70. The minimum absolute atomic E-state index is 0.0576. The molecule has 6 heteroatoms. The maximum absolute atomic E-state index is 11.3. The van der Waals surface area contributed by atoms with E-state index in [0.717, 1.165) is 12.8 Å². The van der Waals surface area contributed by atoms with Crippen molar-refractivity contribution >= 4 is 11.6 Å². The summed E-state index contributed by atoms with van der Waals surface area (Å²) in [4.78, 5) is 22.1. The number of carbonyl (C=O) groups excluding carboxylic acids is 1. The van der Waals surface area contributed by atoms with Crippen LogP contribution in [-0.2, 0) is 4.79 Å². The van der Waals surface area contributed by atoms with Crippen LogP contribution in [0.3, 0.4) is 0 Å². The van der Waals surface area contributed by atoms with E-state index in [1.165, 1.54) is 12.3 Å². The summed E-state index contributed by atoms with van der Waals surface area (Å²) in [6.07, 6.45) is 3.60. The summed E-state index contributed by atoms with van der Waals surface area (Å²) in [5.41, 5.74) is 0.257. The van der Waals surface area contributed by atoms with Crippen LogP contribution in [0.2, 0.25) is 0 Å². The average molecular weight is 208 g/mol. The maximum Gasteiger partial charge on any atom is 0.266 e. The van der Waals surface area contributed by atoms with Crippen LogP contribution in [0.5, 0.6) is 0 Å². The molecule has 1 aliphatic rings. The number of nitrogens with one attached hydrogen (secondary N) is 3. The van der Waals surface area contributed by atoms with Crippen LogP contribution in [0.15, 0.2) is 17.1 Å². The highest BCUT2D eigenvalue weighted by atomic mass is 16.2. The number of rotatable bonds is 4. The van der Waals surface area contributed by atoms with Gasteiger partial charge in [-0.1, -0.05) is 0 Å². The second-order valence-corrected chi connectivity index (χ2v) is 3.53. The van der Waals surface area contributed by atoms with Gasteiger partial charge in [0.25, 0.3) is 5.56 Å². The van der Waals surface area contributed by atoms with E-state index in [2.05, 4.69) is 20.8 Å². The highest BCUT2D eigenvalue weighted by Crippen LogP contribution is 2.18. The van der Waals surface area contributed by atoms with E-state index in [9.17, 15) is 9.59 Å². The molecule has 1 fully saturated rings. The molecule has 1 aromatic heterocycles. The molecule has 0 spiro atoms. The lowest BCUT2D eigenvalue weighted by atomic mass is 10.4. The van der Waals surface area contributed by atoms with Gasteiger partial charge >= 0.3 is 0 Å². The van der Waals surface area contributed by atoms with Crippen molar-refractivity contribution in [2.45, 2.75) is 18.9 Å². The van der Waals surface area contributed by atoms with Gasteiger partial charge in [-0.2, -0.15) is 5.10 Å². The molecule has 1 aromatic rings. The molecule has 0 atom stereocenters. The standard InChI is InChI=1S/C9H12N4O2/c14-8-3-7(4-11-13-8)10-5-9(15)12-6-1-2-6/h3-4,6H,1-2,5H2,(H,12,15)(H2,10,13,14). The molecular weight excluding hydrogens is 196 g/mol. The van der Waals surface area contributed by atoms with E-state index in [0.29, 0.717) is 11.7 Å². The Labute approximate surface area is 86.1 Å².